The summed E-state index contributed by atoms with van der Waals surface area (Å²) in [6.07, 6.45) is 0. The van der Waals surface area contributed by atoms with Crippen molar-refractivity contribution < 1.29 is 9.66 Å². The van der Waals surface area contributed by atoms with Crippen molar-refractivity contribution in [3.8, 4) is 0 Å². The molecule has 1 atom stereocenters. The average Bonchev–Trinajstić information content (AvgIpc) is 2.28. The number of nitro benzene ring substituents is 1. The van der Waals surface area contributed by atoms with E-state index >= 15 is 0 Å². The third-order valence-electron chi connectivity index (χ3n) is 2.30. The molecule has 17 heavy (non-hydrogen) atoms. The molecule has 0 heterocycles. The van der Waals surface area contributed by atoms with E-state index < -0.39 is 4.92 Å². The van der Waals surface area contributed by atoms with Crippen LogP contribution < -0.4 is 0 Å². The molecular formula is C11H12ClNO3S. The molecule has 0 aromatic heterocycles. The minimum Gasteiger partial charge on any atom is -0.487 e. The molecule has 1 unspecified atom stereocenters. The molecule has 0 amide bonds. The number of hydrogen-bond acceptors (Lipinski definition) is 4. The van der Waals surface area contributed by atoms with E-state index in [0.29, 0.717) is 22.2 Å². The highest BCUT2D eigenvalue weighted by molar-refractivity contribution is 7.80. The van der Waals surface area contributed by atoms with Gasteiger partial charge >= 0.3 is 0 Å². The first-order valence-electron chi connectivity index (χ1n) is 5.07. The summed E-state index contributed by atoms with van der Waals surface area (Å²) >= 11 is 10.8. The van der Waals surface area contributed by atoms with Gasteiger partial charge < -0.3 is 4.74 Å². The summed E-state index contributed by atoms with van der Waals surface area (Å²) in [5.41, 5.74) is 0.477. The lowest BCUT2D eigenvalue weighted by molar-refractivity contribution is -0.385. The van der Waals surface area contributed by atoms with E-state index in [2.05, 4.69) is 0 Å². The third-order valence-corrected chi connectivity index (χ3v) is 3.00. The first-order chi connectivity index (χ1) is 7.97. The molecule has 4 nitrogen and oxygen atoms in total. The van der Waals surface area contributed by atoms with Crippen LogP contribution in [0.25, 0.3) is 0 Å². The van der Waals surface area contributed by atoms with Gasteiger partial charge in [0.1, 0.15) is 0 Å². The zero-order valence-corrected chi connectivity index (χ0v) is 11.0. The number of thiocarbonyl (C=S) groups is 1. The van der Waals surface area contributed by atoms with E-state index in [0.717, 1.165) is 0 Å². The van der Waals surface area contributed by atoms with Gasteiger partial charge in [-0.2, -0.15) is 0 Å². The van der Waals surface area contributed by atoms with Crippen molar-refractivity contribution in [2.24, 2.45) is 0 Å². The predicted molar refractivity (Wildman–Crippen MR) is 70.7 cm³/mol. The quantitative estimate of drug-likeness (QED) is 0.477. The molecule has 92 valence electrons. The van der Waals surface area contributed by atoms with Gasteiger partial charge in [0.2, 0.25) is 0 Å². The summed E-state index contributed by atoms with van der Waals surface area (Å²) in [4.78, 5) is 10.5. The number of ether oxygens (including phenoxy) is 1. The van der Waals surface area contributed by atoms with E-state index in [1.165, 1.54) is 6.07 Å². The minimum atomic E-state index is -0.466. The lowest BCUT2D eigenvalue weighted by Gasteiger charge is -2.13. The number of nitro groups is 1. The zero-order valence-electron chi connectivity index (χ0n) is 9.47. The molecule has 0 saturated carbocycles. The molecular weight excluding hydrogens is 262 g/mol. The fourth-order valence-corrected chi connectivity index (χ4v) is 1.85. The lowest BCUT2D eigenvalue weighted by atomic mass is 10.00. The van der Waals surface area contributed by atoms with Crippen LogP contribution in [0.3, 0.4) is 0 Å². The van der Waals surface area contributed by atoms with E-state index in [1.807, 2.05) is 6.92 Å². The molecule has 0 spiro atoms. The van der Waals surface area contributed by atoms with Crippen LogP contribution in [0, 0.1) is 10.1 Å². The van der Waals surface area contributed by atoms with Crippen LogP contribution in [-0.2, 0) is 4.74 Å². The molecule has 0 N–H and O–H groups in total. The van der Waals surface area contributed by atoms with Gasteiger partial charge in [0.25, 0.3) is 5.69 Å². The zero-order chi connectivity index (χ0) is 13.0. The first-order valence-corrected chi connectivity index (χ1v) is 5.86. The molecule has 0 fully saturated rings. The Kier molecular flexibility index (Phi) is 4.84. The van der Waals surface area contributed by atoms with Gasteiger partial charge in [-0.25, -0.2) is 0 Å². The van der Waals surface area contributed by atoms with Crippen LogP contribution in [0.2, 0.25) is 5.02 Å². The van der Waals surface area contributed by atoms with E-state index in [-0.39, 0.29) is 11.6 Å². The van der Waals surface area contributed by atoms with Gasteiger partial charge in [-0.15, -0.1) is 0 Å². The Labute approximate surface area is 110 Å². The Hall–Kier alpha value is -1.20. The Morgan fingerprint density at radius 1 is 1.65 bits per heavy atom. The fraction of sp³-hybridized carbons (Fsp3) is 0.364. The Balaban J connectivity index is 3.12. The lowest BCUT2D eigenvalue weighted by Crippen LogP contribution is -2.12. The van der Waals surface area contributed by atoms with Crippen molar-refractivity contribution in [2.45, 2.75) is 19.8 Å². The standard InChI is InChI=1S/C11H12ClNO3S/c1-3-16-11(17)7(2)9-5-4-8(12)6-10(9)13(14)15/h4-7H,3H2,1-2H3. The topological polar surface area (TPSA) is 52.4 Å². The van der Waals surface area contributed by atoms with E-state index in [9.17, 15) is 10.1 Å². The Morgan fingerprint density at radius 3 is 2.82 bits per heavy atom. The first kappa shape index (κ1) is 13.9. The second-order valence-electron chi connectivity index (χ2n) is 3.43. The Morgan fingerprint density at radius 2 is 2.29 bits per heavy atom. The van der Waals surface area contributed by atoms with Crippen LogP contribution in [0.15, 0.2) is 18.2 Å². The number of hydrogen-bond donors (Lipinski definition) is 0. The molecule has 0 saturated heterocycles. The number of benzene rings is 1. The van der Waals surface area contributed by atoms with Gasteiger partial charge in [0.05, 0.1) is 17.4 Å². The van der Waals surface area contributed by atoms with Crippen LogP contribution in [0.1, 0.15) is 25.3 Å². The van der Waals surface area contributed by atoms with Crippen LogP contribution >= 0.6 is 23.8 Å². The highest BCUT2D eigenvalue weighted by atomic mass is 35.5. The summed E-state index contributed by atoms with van der Waals surface area (Å²) in [6.45, 7) is 4.04. The second kappa shape index (κ2) is 5.93. The third kappa shape index (κ3) is 3.38. The molecule has 0 aliphatic carbocycles. The summed E-state index contributed by atoms with van der Waals surface area (Å²) < 4.78 is 5.20. The van der Waals surface area contributed by atoms with Crippen molar-refractivity contribution in [3.63, 3.8) is 0 Å². The van der Waals surface area contributed by atoms with E-state index in [4.69, 9.17) is 28.6 Å². The molecule has 1 rings (SSSR count). The van der Waals surface area contributed by atoms with Crippen LogP contribution in [0.5, 0.6) is 0 Å². The molecule has 0 radical (unpaired) electrons. The van der Waals surface area contributed by atoms with E-state index in [1.54, 1.807) is 19.1 Å². The fourth-order valence-electron chi connectivity index (χ4n) is 1.44. The molecule has 6 heteroatoms. The van der Waals surface area contributed by atoms with Gasteiger partial charge in [-0.3, -0.25) is 10.1 Å². The van der Waals surface area contributed by atoms with Gasteiger partial charge in [0.15, 0.2) is 5.05 Å². The van der Waals surface area contributed by atoms with Gasteiger partial charge in [0, 0.05) is 16.7 Å². The van der Waals surface area contributed by atoms with Gasteiger partial charge in [-0.05, 0) is 31.3 Å². The van der Waals surface area contributed by atoms with Crippen molar-refractivity contribution in [1.29, 1.82) is 0 Å². The normalized spacial score (nSPS) is 11.9. The maximum atomic E-state index is 10.9. The van der Waals surface area contributed by atoms with Crippen molar-refractivity contribution >= 4 is 34.6 Å². The predicted octanol–water partition coefficient (Wildman–Crippen LogP) is 3.72. The maximum absolute atomic E-state index is 10.9. The average molecular weight is 274 g/mol. The highest BCUT2D eigenvalue weighted by Crippen LogP contribution is 2.30. The Bertz CT molecular complexity index is 450. The van der Waals surface area contributed by atoms with Crippen molar-refractivity contribution in [3.05, 3.63) is 38.9 Å². The molecule has 0 bridgehead atoms. The largest absolute Gasteiger partial charge is 0.487 e. The molecule has 1 aromatic rings. The molecule has 1 aromatic carbocycles. The van der Waals surface area contributed by atoms with Crippen LogP contribution in [-0.4, -0.2) is 16.6 Å². The molecule has 0 aliphatic rings. The smallest absolute Gasteiger partial charge is 0.274 e. The van der Waals surface area contributed by atoms with Gasteiger partial charge in [-0.1, -0.05) is 18.5 Å². The number of nitrogens with zero attached hydrogens (tertiary/aromatic N) is 1. The molecule has 0 aliphatic heterocycles. The minimum absolute atomic E-state index is 0.0351. The number of rotatable bonds is 4. The maximum Gasteiger partial charge on any atom is 0.274 e. The second-order valence-corrected chi connectivity index (χ2v) is 4.27. The van der Waals surface area contributed by atoms with Crippen LogP contribution in [0.4, 0.5) is 5.69 Å². The summed E-state index contributed by atoms with van der Waals surface area (Å²) in [6, 6.07) is 4.54. The SMILES string of the molecule is CCOC(=S)C(C)c1ccc(Cl)cc1[N+](=O)[O-]. The monoisotopic (exact) mass is 273 g/mol. The summed E-state index contributed by atoms with van der Waals surface area (Å²) in [5.74, 6) is -0.317. The summed E-state index contributed by atoms with van der Waals surface area (Å²) in [7, 11) is 0. The highest BCUT2D eigenvalue weighted by Gasteiger charge is 2.22. The summed E-state index contributed by atoms with van der Waals surface area (Å²) in [5, 5.41) is 11.6. The number of halogens is 1. The van der Waals surface area contributed by atoms with Crippen molar-refractivity contribution in [2.75, 3.05) is 6.61 Å². The van der Waals surface area contributed by atoms with Crippen molar-refractivity contribution in [1.82, 2.24) is 0 Å².